The fourth-order valence-corrected chi connectivity index (χ4v) is 4.63. The Bertz CT molecular complexity index is 964. The molecule has 1 aromatic heterocycles. The predicted molar refractivity (Wildman–Crippen MR) is 119 cm³/mol. The van der Waals surface area contributed by atoms with Crippen LogP contribution in [0.5, 0.6) is 0 Å². The lowest BCUT2D eigenvalue weighted by Crippen LogP contribution is -2.38. The van der Waals surface area contributed by atoms with E-state index in [0.29, 0.717) is 24.5 Å². The Morgan fingerprint density at radius 2 is 1.80 bits per heavy atom. The lowest BCUT2D eigenvalue weighted by Gasteiger charge is -2.30. The summed E-state index contributed by atoms with van der Waals surface area (Å²) in [6, 6.07) is 13.8. The molecule has 0 unspecified atom stereocenters. The SMILES string of the molecule is CCc1cccn([C@@H](CNS(C)(=O)=O)CO[C@H]2CC[C@@H](c3ccccc3)CC2)c1=O. The molecule has 1 heterocycles. The summed E-state index contributed by atoms with van der Waals surface area (Å²) in [6.45, 7) is 2.37. The number of ether oxygens (including phenoxy) is 1. The van der Waals surface area contributed by atoms with Crippen molar-refractivity contribution >= 4 is 10.0 Å². The quantitative estimate of drug-likeness (QED) is 0.660. The number of nitrogens with one attached hydrogen (secondary N) is 1. The molecule has 0 radical (unpaired) electrons. The third-order valence-electron chi connectivity index (χ3n) is 5.88. The normalized spacial score (nSPS) is 20.7. The maximum atomic E-state index is 12.7. The van der Waals surface area contributed by atoms with E-state index in [4.69, 9.17) is 4.74 Å². The van der Waals surface area contributed by atoms with E-state index in [2.05, 4.69) is 29.0 Å². The molecule has 0 saturated heterocycles. The van der Waals surface area contributed by atoms with E-state index in [9.17, 15) is 13.2 Å². The number of hydrogen-bond donors (Lipinski definition) is 1. The highest BCUT2D eigenvalue weighted by molar-refractivity contribution is 7.88. The molecule has 1 saturated carbocycles. The third-order valence-corrected chi connectivity index (χ3v) is 6.57. The summed E-state index contributed by atoms with van der Waals surface area (Å²) >= 11 is 0. The Hall–Kier alpha value is -1.96. The molecule has 3 rings (SSSR count). The molecule has 0 aliphatic heterocycles. The summed E-state index contributed by atoms with van der Waals surface area (Å²) in [4.78, 5) is 12.7. The summed E-state index contributed by atoms with van der Waals surface area (Å²) in [5.74, 6) is 0.567. The molecule has 0 spiro atoms. The van der Waals surface area contributed by atoms with Crippen LogP contribution in [0.1, 0.15) is 55.7 Å². The van der Waals surface area contributed by atoms with Crippen LogP contribution in [0.3, 0.4) is 0 Å². The molecule has 1 aliphatic rings. The molecule has 0 bridgehead atoms. The smallest absolute Gasteiger partial charge is 0.254 e. The number of sulfonamides is 1. The molecular weight excluding hydrogens is 400 g/mol. The lowest BCUT2D eigenvalue weighted by atomic mass is 9.83. The third kappa shape index (κ3) is 6.27. The first kappa shape index (κ1) is 22.7. The van der Waals surface area contributed by atoms with E-state index in [0.717, 1.165) is 31.9 Å². The first-order chi connectivity index (χ1) is 14.4. The maximum absolute atomic E-state index is 12.7. The van der Waals surface area contributed by atoms with Crippen LogP contribution in [0.2, 0.25) is 0 Å². The van der Waals surface area contributed by atoms with Crippen molar-refractivity contribution in [1.29, 1.82) is 0 Å². The fraction of sp³-hybridized carbons (Fsp3) is 0.522. The van der Waals surface area contributed by atoms with E-state index < -0.39 is 10.0 Å². The van der Waals surface area contributed by atoms with Crippen molar-refractivity contribution in [1.82, 2.24) is 9.29 Å². The van der Waals surface area contributed by atoms with Crippen LogP contribution >= 0.6 is 0 Å². The molecule has 1 aliphatic carbocycles. The van der Waals surface area contributed by atoms with Gasteiger partial charge in [-0.15, -0.1) is 0 Å². The average Bonchev–Trinajstić information content (AvgIpc) is 2.75. The van der Waals surface area contributed by atoms with E-state index in [-0.39, 0.29) is 24.2 Å². The van der Waals surface area contributed by atoms with Gasteiger partial charge in [0.1, 0.15) is 0 Å². The molecule has 0 amide bonds. The highest BCUT2D eigenvalue weighted by atomic mass is 32.2. The monoisotopic (exact) mass is 432 g/mol. The van der Waals surface area contributed by atoms with E-state index in [1.165, 1.54) is 5.56 Å². The number of pyridine rings is 1. The van der Waals surface area contributed by atoms with E-state index >= 15 is 0 Å². The Labute approximate surface area is 179 Å². The minimum atomic E-state index is -3.36. The average molecular weight is 433 g/mol. The van der Waals surface area contributed by atoms with Crippen molar-refractivity contribution in [3.63, 3.8) is 0 Å². The van der Waals surface area contributed by atoms with Gasteiger partial charge >= 0.3 is 0 Å². The van der Waals surface area contributed by atoms with Crippen LogP contribution in [-0.2, 0) is 21.2 Å². The summed E-state index contributed by atoms with van der Waals surface area (Å²) in [6.07, 6.45) is 7.70. The zero-order valence-electron chi connectivity index (χ0n) is 17.8. The van der Waals surface area contributed by atoms with Crippen LogP contribution in [0.25, 0.3) is 0 Å². The topological polar surface area (TPSA) is 77.4 Å². The van der Waals surface area contributed by atoms with Crippen molar-refractivity contribution in [3.8, 4) is 0 Å². The van der Waals surface area contributed by atoms with Gasteiger partial charge in [0.15, 0.2) is 0 Å². The van der Waals surface area contributed by atoms with Gasteiger partial charge in [-0.05, 0) is 49.7 Å². The number of benzene rings is 1. The number of aromatic nitrogens is 1. The van der Waals surface area contributed by atoms with Crippen molar-refractivity contribution in [2.24, 2.45) is 0 Å². The van der Waals surface area contributed by atoms with Gasteiger partial charge in [-0.2, -0.15) is 0 Å². The predicted octanol–water partition coefficient (Wildman–Crippen LogP) is 3.24. The molecule has 7 heteroatoms. The Kier molecular flexibility index (Phi) is 7.86. The summed E-state index contributed by atoms with van der Waals surface area (Å²) in [5, 5.41) is 0. The van der Waals surface area contributed by atoms with Gasteiger partial charge in [0.25, 0.3) is 5.56 Å². The summed E-state index contributed by atoms with van der Waals surface area (Å²) in [5.41, 5.74) is 2.01. The number of rotatable bonds is 9. The van der Waals surface area contributed by atoms with Gasteiger partial charge in [-0.3, -0.25) is 4.79 Å². The second kappa shape index (κ2) is 10.4. The highest BCUT2D eigenvalue weighted by Gasteiger charge is 2.24. The van der Waals surface area contributed by atoms with Gasteiger partial charge in [-0.25, -0.2) is 13.1 Å². The first-order valence-electron chi connectivity index (χ1n) is 10.7. The zero-order chi connectivity index (χ0) is 21.6. The minimum Gasteiger partial charge on any atom is -0.376 e. The minimum absolute atomic E-state index is 0.0864. The van der Waals surface area contributed by atoms with Gasteiger partial charge in [0, 0.05) is 18.3 Å². The first-order valence-corrected chi connectivity index (χ1v) is 12.6. The van der Waals surface area contributed by atoms with E-state index in [1.54, 1.807) is 10.8 Å². The molecule has 30 heavy (non-hydrogen) atoms. The zero-order valence-corrected chi connectivity index (χ0v) is 18.6. The Balaban J connectivity index is 1.63. The summed E-state index contributed by atoms with van der Waals surface area (Å²) in [7, 11) is -3.36. The van der Waals surface area contributed by atoms with E-state index in [1.807, 2.05) is 25.1 Å². The van der Waals surface area contributed by atoms with Crippen LogP contribution < -0.4 is 10.3 Å². The number of aryl methyl sites for hydroxylation is 1. The largest absolute Gasteiger partial charge is 0.376 e. The van der Waals surface area contributed by atoms with Gasteiger partial charge < -0.3 is 9.30 Å². The number of hydrogen-bond acceptors (Lipinski definition) is 4. The molecule has 1 aromatic carbocycles. The van der Waals surface area contributed by atoms with Gasteiger partial charge in [0.2, 0.25) is 10.0 Å². The standard InChI is InChI=1S/C23H32N2O4S/c1-3-18-10-7-15-25(23(18)26)21(16-24-30(2,27)28)17-29-22-13-11-20(12-14-22)19-8-5-4-6-9-19/h4-10,15,20-22,24H,3,11-14,16-17H2,1-2H3/t20-,21-,22+/m0/s1. The summed E-state index contributed by atoms with van der Waals surface area (Å²) < 4.78 is 33.5. The fourth-order valence-electron chi connectivity index (χ4n) is 4.13. The molecule has 164 valence electrons. The van der Waals surface area contributed by atoms with Crippen molar-refractivity contribution in [2.45, 2.75) is 57.1 Å². The highest BCUT2D eigenvalue weighted by Crippen LogP contribution is 2.34. The molecule has 1 N–H and O–H groups in total. The van der Waals surface area contributed by atoms with Crippen molar-refractivity contribution in [2.75, 3.05) is 19.4 Å². The van der Waals surface area contributed by atoms with Gasteiger partial charge in [0.05, 0.1) is 25.0 Å². The molecular formula is C23H32N2O4S. The van der Waals surface area contributed by atoms with Crippen molar-refractivity contribution in [3.05, 3.63) is 70.1 Å². The van der Waals surface area contributed by atoms with Gasteiger partial charge in [-0.1, -0.05) is 43.3 Å². The molecule has 1 fully saturated rings. The lowest BCUT2D eigenvalue weighted by molar-refractivity contribution is 0.00733. The second-order valence-electron chi connectivity index (χ2n) is 8.09. The van der Waals surface area contributed by atoms with Crippen LogP contribution in [0, 0.1) is 0 Å². The molecule has 6 nitrogen and oxygen atoms in total. The maximum Gasteiger partial charge on any atom is 0.254 e. The number of nitrogens with zero attached hydrogens (tertiary/aromatic N) is 1. The molecule has 2 aromatic rings. The van der Waals surface area contributed by atoms with Crippen LogP contribution in [-0.4, -0.2) is 38.5 Å². The molecule has 1 atom stereocenters. The van der Waals surface area contributed by atoms with Crippen LogP contribution in [0.15, 0.2) is 53.5 Å². The Morgan fingerprint density at radius 3 is 2.43 bits per heavy atom. The Morgan fingerprint density at radius 1 is 1.10 bits per heavy atom. The van der Waals surface area contributed by atoms with Crippen molar-refractivity contribution < 1.29 is 13.2 Å². The second-order valence-corrected chi connectivity index (χ2v) is 9.92. The van der Waals surface area contributed by atoms with Crippen LogP contribution in [0.4, 0.5) is 0 Å².